The minimum absolute atomic E-state index is 0.0608. The van der Waals surface area contributed by atoms with Crippen LogP contribution in [-0.2, 0) is 36.9 Å². The van der Waals surface area contributed by atoms with E-state index in [2.05, 4.69) is 10.1 Å². The molecule has 0 bridgehead atoms. The lowest BCUT2D eigenvalue weighted by molar-refractivity contribution is -0.143. The fraction of sp³-hybridized carbons (Fsp3) is 0.407. The van der Waals surface area contributed by atoms with Crippen molar-refractivity contribution < 1.29 is 33.4 Å². The van der Waals surface area contributed by atoms with Crippen molar-refractivity contribution in [1.82, 2.24) is 10.2 Å². The Morgan fingerprint density at radius 1 is 1.03 bits per heavy atom. The molecule has 2 aromatic carbocycles. The molecule has 3 amide bonds. The number of carbonyl (C=O) groups is 4. The largest absolute Gasteiger partial charge is 0.489 e. The number of halogens is 2. The Hall–Kier alpha value is -3.34. The maximum Gasteiger partial charge on any atom is 0.417 e. The minimum Gasteiger partial charge on any atom is -0.489 e. The Labute approximate surface area is 237 Å². The number of esters is 1. The average Bonchev–Trinajstić information content (AvgIpc) is 2.86. The molecule has 2 atom stereocenters. The molecule has 0 aliphatic heterocycles. The number of nitrogens with two attached hydrogens (primary N) is 1. The highest BCUT2D eigenvalue weighted by atomic mass is 35.5. The van der Waals surface area contributed by atoms with Crippen LogP contribution in [0.3, 0.4) is 0 Å². The zero-order chi connectivity index (χ0) is 29.3. The number of nitrogens with one attached hydrogen (secondary N) is 1. The van der Waals surface area contributed by atoms with Gasteiger partial charge in [-0.05, 0) is 63.9 Å². The fourth-order valence-corrected chi connectivity index (χ4v) is 3.82. The number of ether oxygens (including phenoxy) is 3. The summed E-state index contributed by atoms with van der Waals surface area (Å²) in [6.45, 7) is 5.94. The smallest absolute Gasteiger partial charge is 0.417 e. The molecular formula is C27H33Cl2N3O7. The van der Waals surface area contributed by atoms with Gasteiger partial charge >= 0.3 is 12.1 Å². The lowest BCUT2D eigenvalue weighted by Crippen LogP contribution is -2.57. The predicted molar refractivity (Wildman–Crippen MR) is 146 cm³/mol. The third-order valence-corrected chi connectivity index (χ3v) is 6.08. The molecule has 10 nitrogen and oxygen atoms in total. The Balaban J connectivity index is 2.12. The molecule has 12 heteroatoms. The van der Waals surface area contributed by atoms with Gasteiger partial charge < -0.3 is 25.3 Å². The van der Waals surface area contributed by atoms with Crippen LogP contribution in [-0.4, -0.2) is 60.1 Å². The lowest BCUT2D eigenvalue weighted by atomic mass is 10.0. The van der Waals surface area contributed by atoms with Gasteiger partial charge in [0.05, 0.1) is 13.2 Å². The van der Waals surface area contributed by atoms with E-state index in [0.717, 1.165) is 0 Å². The number of benzene rings is 2. The number of hydrogen-bond acceptors (Lipinski definition) is 8. The van der Waals surface area contributed by atoms with Crippen LogP contribution in [0, 0.1) is 0 Å². The first-order valence-corrected chi connectivity index (χ1v) is 12.8. The van der Waals surface area contributed by atoms with Crippen LogP contribution in [0.4, 0.5) is 4.79 Å². The van der Waals surface area contributed by atoms with Gasteiger partial charge in [0.25, 0.3) is 0 Å². The number of imide groups is 1. The molecule has 0 saturated heterocycles. The van der Waals surface area contributed by atoms with Gasteiger partial charge in [-0.15, -0.1) is 0 Å². The van der Waals surface area contributed by atoms with Crippen molar-refractivity contribution in [3.05, 3.63) is 63.6 Å². The molecule has 0 heterocycles. The van der Waals surface area contributed by atoms with Gasteiger partial charge in [0.15, 0.2) is 0 Å². The molecule has 0 aliphatic rings. The van der Waals surface area contributed by atoms with Gasteiger partial charge in [-0.25, -0.2) is 9.69 Å². The number of hydrogen-bond donors (Lipinski definition) is 2. The minimum atomic E-state index is -1.31. The number of carbonyl (C=O) groups excluding carboxylic acids is 4. The van der Waals surface area contributed by atoms with Crippen molar-refractivity contribution in [3.8, 4) is 5.75 Å². The van der Waals surface area contributed by atoms with Crippen LogP contribution >= 0.6 is 23.2 Å². The van der Waals surface area contributed by atoms with Crippen LogP contribution in [0.25, 0.3) is 0 Å². The first-order valence-electron chi connectivity index (χ1n) is 12.0. The van der Waals surface area contributed by atoms with Gasteiger partial charge in [-0.1, -0.05) is 41.4 Å². The summed E-state index contributed by atoms with van der Waals surface area (Å²) < 4.78 is 15.6. The van der Waals surface area contributed by atoms with Gasteiger partial charge in [-0.3, -0.25) is 14.4 Å². The average molecular weight is 582 g/mol. The van der Waals surface area contributed by atoms with E-state index in [-0.39, 0.29) is 13.0 Å². The maximum atomic E-state index is 13.3. The second kappa shape index (κ2) is 14.2. The SMILES string of the molecule is COC(=O)CNC(=O)[C@@H](C)N(C(=O)OC(C)(C)C)C(=O)[C@@H](N)Cc1ccc(OCc2c(Cl)cccc2Cl)cc1. The number of rotatable bonds is 10. The molecule has 0 unspecified atom stereocenters. The zero-order valence-corrected chi connectivity index (χ0v) is 24.0. The number of nitrogens with zero attached hydrogens (tertiary/aromatic N) is 1. The molecule has 3 N–H and O–H groups in total. The van der Waals surface area contributed by atoms with Crippen molar-refractivity contribution in [2.75, 3.05) is 13.7 Å². The molecule has 212 valence electrons. The standard InChI is InChI=1S/C27H33Cl2N3O7/c1-16(24(34)31-14-23(33)37-5)32(26(36)39-27(2,3)4)25(35)22(30)13-17-9-11-18(12-10-17)38-15-19-20(28)7-6-8-21(19)29/h6-12,16,22H,13-15,30H2,1-5H3,(H,31,34)/t16-,22+/m1/s1. The molecule has 0 fully saturated rings. The molecule has 0 aromatic heterocycles. The molecule has 2 aromatic rings. The van der Waals surface area contributed by atoms with Gasteiger partial charge in [0.1, 0.15) is 30.5 Å². The molecule has 39 heavy (non-hydrogen) atoms. The Morgan fingerprint density at radius 2 is 1.62 bits per heavy atom. The van der Waals surface area contributed by atoms with Crippen molar-refractivity contribution in [1.29, 1.82) is 0 Å². The normalized spacial score (nSPS) is 12.6. The Kier molecular flexibility index (Phi) is 11.6. The van der Waals surface area contributed by atoms with E-state index in [1.807, 2.05) is 0 Å². The summed E-state index contributed by atoms with van der Waals surface area (Å²) in [5, 5.41) is 3.31. The van der Waals surface area contributed by atoms with Crippen molar-refractivity contribution in [2.24, 2.45) is 5.73 Å². The monoisotopic (exact) mass is 581 g/mol. The van der Waals surface area contributed by atoms with Crippen LogP contribution in [0.2, 0.25) is 10.0 Å². The summed E-state index contributed by atoms with van der Waals surface area (Å²) in [5.74, 6) is -1.73. The van der Waals surface area contributed by atoms with Gasteiger partial charge in [-0.2, -0.15) is 0 Å². The molecule has 0 spiro atoms. The third-order valence-electron chi connectivity index (χ3n) is 5.37. The summed E-state index contributed by atoms with van der Waals surface area (Å²) in [7, 11) is 1.17. The second-order valence-electron chi connectivity index (χ2n) is 9.60. The highest BCUT2D eigenvalue weighted by Crippen LogP contribution is 2.26. The van der Waals surface area contributed by atoms with Crippen LogP contribution < -0.4 is 15.8 Å². The van der Waals surface area contributed by atoms with E-state index in [0.29, 0.717) is 31.8 Å². The topological polar surface area (TPSA) is 137 Å². The van der Waals surface area contributed by atoms with Crippen molar-refractivity contribution in [3.63, 3.8) is 0 Å². The van der Waals surface area contributed by atoms with Gasteiger partial charge in [0.2, 0.25) is 11.8 Å². The molecular weight excluding hydrogens is 549 g/mol. The Bertz CT molecular complexity index is 1160. The quantitative estimate of drug-likeness (QED) is 0.403. The summed E-state index contributed by atoms with van der Waals surface area (Å²) in [6.07, 6.45) is -0.976. The zero-order valence-electron chi connectivity index (χ0n) is 22.5. The van der Waals surface area contributed by atoms with Crippen molar-refractivity contribution >= 4 is 47.1 Å². The third kappa shape index (κ3) is 9.72. The summed E-state index contributed by atoms with van der Waals surface area (Å²) in [6, 6.07) is 9.54. The van der Waals surface area contributed by atoms with E-state index in [9.17, 15) is 19.2 Å². The van der Waals surface area contributed by atoms with E-state index in [4.69, 9.17) is 38.4 Å². The first-order chi connectivity index (χ1) is 18.2. The highest BCUT2D eigenvalue weighted by molar-refractivity contribution is 6.35. The lowest BCUT2D eigenvalue weighted by Gasteiger charge is -2.31. The van der Waals surface area contributed by atoms with E-state index in [1.54, 1.807) is 63.2 Å². The van der Waals surface area contributed by atoms with E-state index >= 15 is 0 Å². The van der Waals surface area contributed by atoms with Crippen molar-refractivity contribution in [2.45, 2.75) is 58.4 Å². The van der Waals surface area contributed by atoms with E-state index < -0.39 is 48.1 Å². The number of amides is 3. The van der Waals surface area contributed by atoms with Crippen LogP contribution in [0.1, 0.15) is 38.8 Å². The molecule has 0 radical (unpaired) electrons. The summed E-state index contributed by atoms with van der Waals surface area (Å²) >= 11 is 12.4. The first kappa shape index (κ1) is 31.9. The predicted octanol–water partition coefficient (Wildman–Crippen LogP) is 3.88. The van der Waals surface area contributed by atoms with E-state index in [1.165, 1.54) is 14.0 Å². The molecule has 0 aliphatic carbocycles. The van der Waals surface area contributed by atoms with Gasteiger partial charge in [0, 0.05) is 15.6 Å². The van der Waals surface area contributed by atoms with Crippen LogP contribution in [0.15, 0.2) is 42.5 Å². The highest BCUT2D eigenvalue weighted by Gasteiger charge is 2.37. The molecule has 2 rings (SSSR count). The van der Waals surface area contributed by atoms with Crippen LogP contribution in [0.5, 0.6) is 5.75 Å². The maximum absolute atomic E-state index is 13.3. The second-order valence-corrected chi connectivity index (χ2v) is 10.4. The fourth-order valence-electron chi connectivity index (χ4n) is 3.31. The molecule has 0 saturated carbocycles. The Morgan fingerprint density at radius 3 is 2.15 bits per heavy atom. The number of methoxy groups -OCH3 is 1. The summed E-state index contributed by atoms with van der Waals surface area (Å²) in [4.78, 5) is 50.8. The summed E-state index contributed by atoms with van der Waals surface area (Å²) in [5.41, 5.74) is 6.58.